The molecule has 0 bridgehead atoms. The molecule has 3 aromatic carbocycles. The van der Waals surface area contributed by atoms with E-state index in [1.54, 1.807) is 37.4 Å². The lowest BCUT2D eigenvalue weighted by Gasteiger charge is -2.11. The average Bonchev–Trinajstić information content (AvgIpc) is 3.23. The number of hydrazine groups is 1. The first-order chi connectivity index (χ1) is 15.3. The quantitative estimate of drug-likeness (QED) is 0.350. The Bertz CT molecular complexity index is 1410. The van der Waals surface area contributed by atoms with Crippen LogP contribution < -0.4 is 15.6 Å². The van der Waals surface area contributed by atoms with E-state index in [-0.39, 0.29) is 10.5 Å². The zero-order valence-electron chi connectivity index (χ0n) is 17.0. The minimum atomic E-state index is -3.81. The molecule has 0 saturated heterocycles. The van der Waals surface area contributed by atoms with Gasteiger partial charge in [0.2, 0.25) is 0 Å². The molecule has 9 heteroatoms. The van der Waals surface area contributed by atoms with Crippen molar-refractivity contribution in [2.75, 3.05) is 4.72 Å². The number of hydrogen-bond acceptors (Lipinski definition) is 4. The summed E-state index contributed by atoms with van der Waals surface area (Å²) in [6.07, 6.45) is 1.56. The van der Waals surface area contributed by atoms with Crippen molar-refractivity contribution in [2.45, 2.75) is 11.8 Å². The maximum atomic E-state index is 12.6. The van der Waals surface area contributed by atoms with Gasteiger partial charge in [0, 0.05) is 22.7 Å². The van der Waals surface area contributed by atoms with Crippen molar-refractivity contribution in [1.82, 2.24) is 15.8 Å². The molecule has 1 heterocycles. The van der Waals surface area contributed by atoms with Gasteiger partial charge in [0.05, 0.1) is 16.1 Å². The van der Waals surface area contributed by atoms with E-state index in [9.17, 15) is 18.0 Å². The van der Waals surface area contributed by atoms with Gasteiger partial charge in [0.25, 0.3) is 21.8 Å². The lowest BCUT2D eigenvalue weighted by atomic mass is 10.2. The molecule has 8 nitrogen and oxygen atoms in total. The highest BCUT2D eigenvalue weighted by atomic mass is 32.2. The molecule has 0 atom stereocenters. The van der Waals surface area contributed by atoms with Crippen LogP contribution in [-0.2, 0) is 10.0 Å². The first-order valence-electron chi connectivity index (χ1n) is 9.70. The van der Waals surface area contributed by atoms with Crippen molar-refractivity contribution in [3.63, 3.8) is 0 Å². The number of carbonyl (C=O) groups is 2. The van der Waals surface area contributed by atoms with Crippen LogP contribution in [0.3, 0.4) is 0 Å². The minimum absolute atomic E-state index is 0.0140. The molecule has 1 aromatic heterocycles. The van der Waals surface area contributed by atoms with Crippen LogP contribution in [0.15, 0.2) is 83.9 Å². The summed E-state index contributed by atoms with van der Waals surface area (Å²) >= 11 is 0. The standard InChI is InChI=1S/C23H20N4O4S/c1-15-6-2-4-8-20(15)27-32(30,31)17-12-10-16(11-13-17)22(28)25-26-23(29)19-14-24-21-9-5-3-7-18(19)21/h2-14,24,27H,1H3,(H,25,28)(H,26,29). The number of H-pyrrole nitrogens is 1. The molecule has 2 amide bonds. The average molecular weight is 449 g/mol. The molecule has 32 heavy (non-hydrogen) atoms. The second kappa shape index (κ2) is 8.56. The molecule has 4 rings (SSSR count). The van der Waals surface area contributed by atoms with E-state index >= 15 is 0 Å². The smallest absolute Gasteiger partial charge is 0.271 e. The van der Waals surface area contributed by atoms with Crippen LogP contribution in [-0.4, -0.2) is 25.2 Å². The summed E-state index contributed by atoms with van der Waals surface area (Å²) in [5.74, 6) is -1.05. The van der Waals surface area contributed by atoms with E-state index in [0.29, 0.717) is 11.3 Å². The molecule has 0 unspecified atom stereocenters. The highest BCUT2D eigenvalue weighted by molar-refractivity contribution is 7.92. The van der Waals surface area contributed by atoms with Crippen LogP contribution in [0.25, 0.3) is 10.9 Å². The molecular weight excluding hydrogens is 428 g/mol. The van der Waals surface area contributed by atoms with Gasteiger partial charge in [-0.3, -0.25) is 25.2 Å². The number of nitrogens with one attached hydrogen (secondary N) is 4. The molecule has 0 radical (unpaired) electrons. The molecular formula is C23H20N4O4S. The molecule has 0 aliphatic heterocycles. The number of anilines is 1. The van der Waals surface area contributed by atoms with E-state index in [1.807, 2.05) is 24.3 Å². The van der Waals surface area contributed by atoms with E-state index < -0.39 is 21.8 Å². The van der Waals surface area contributed by atoms with Crippen molar-refractivity contribution in [1.29, 1.82) is 0 Å². The zero-order chi connectivity index (χ0) is 22.7. The van der Waals surface area contributed by atoms with E-state index in [0.717, 1.165) is 16.5 Å². The van der Waals surface area contributed by atoms with Gasteiger partial charge < -0.3 is 4.98 Å². The van der Waals surface area contributed by atoms with Crippen molar-refractivity contribution < 1.29 is 18.0 Å². The van der Waals surface area contributed by atoms with Crippen LogP contribution in [0, 0.1) is 6.92 Å². The molecule has 0 aliphatic carbocycles. The number of fused-ring (bicyclic) bond motifs is 1. The minimum Gasteiger partial charge on any atom is -0.360 e. The Balaban J connectivity index is 1.42. The van der Waals surface area contributed by atoms with E-state index in [2.05, 4.69) is 20.6 Å². The second-order valence-corrected chi connectivity index (χ2v) is 8.78. The maximum absolute atomic E-state index is 12.6. The number of aromatic amines is 1. The van der Waals surface area contributed by atoms with Crippen LogP contribution in [0.1, 0.15) is 26.3 Å². The summed E-state index contributed by atoms with van der Waals surface area (Å²) in [4.78, 5) is 27.8. The van der Waals surface area contributed by atoms with E-state index in [1.165, 1.54) is 24.3 Å². The zero-order valence-corrected chi connectivity index (χ0v) is 17.9. The molecule has 0 aliphatic rings. The van der Waals surface area contributed by atoms with Crippen LogP contribution in [0.2, 0.25) is 0 Å². The van der Waals surface area contributed by atoms with Gasteiger partial charge in [-0.2, -0.15) is 0 Å². The molecule has 4 aromatic rings. The third kappa shape index (κ3) is 4.33. The number of amides is 2. The highest BCUT2D eigenvalue weighted by Gasteiger charge is 2.17. The highest BCUT2D eigenvalue weighted by Crippen LogP contribution is 2.20. The van der Waals surface area contributed by atoms with E-state index in [4.69, 9.17) is 0 Å². The Morgan fingerprint density at radius 1 is 0.812 bits per heavy atom. The van der Waals surface area contributed by atoms with Crippen molar-refractivity contribution in [3.8, 4) is 0 Å². The van der Waals surface area contributed by atoms with Gasteiger partial charge >= 0.3 is 0 Å². The Kier molecular flexibility index (Phi) is 5.65. The number of rotatable bonds is 5. The third-order valence-corrected chi connectivity index (χ3v) is 6.32. The summed E-state index contributed by atoms with van der Waals surface area (Å²) in [6, 6.07) is 19.7. The number of aromatic nitrogens is 1. The number of carbonyl (C=O) groups excluding carboxylic acids is 2. The SMILES string of the molecule is Cc1ccccc1NS(=O)(=O)c1ccc(C(=O)NNC(=O)c2c[nH]c3ccccc23)cc1. The number of hydrogen-bond donors (Lipinski definition) is 4. The fourth-order valence-electron chi connectivity index (χ4n) is 3.19. The largest absolute Gasteiger partial charge is 0.360 e. The molecule has 0 fully saturated rings. The number of sulfonamides is 1. The Labute approximate surface area is 184 Å². The van der Waals surface area contributed by atoms with Crippen LogP contribution >= 0.6 is 0 Å². The van der Waals surface area contributed by atoms with Gasteiger partial charge in [0.1, 0.15) is 0 Å². The van der Waals surface area contributed by atoms with Gasteiger partial charge in [-0.1, -0.05) is 36.4 Å². The summed E-state index contributed by atoms with van der Waals surface area (Å²) in [5, 5.41) is 0.731. The van der Waals surface area contributed by atoms with Crippen molar-refractivity contribution in [3.05, 3.63) is 95.7 Å². The fourth-order valence-corrected chi connectivity index (χ4v) is 4.32. The monoisotopic (exact) mass is 448 g/mol. The second-order valence-electron chi connectivity index (χ2n) is 7.10. The molecule has 0 spiro atoms. The lowest BCUT2D eigenvalue weighted by molar-refractivity contribution is 0.0847. The number of aryl methyl sites for hydroxylation is 1. The predicted molar refractivity (Wildman–Crippen MR) is 122 cm³/mol. The van der Waals surface area contributed by atoms with Gasteiger partial charge in [-0.15, -0.1) is 0 Å². The van der Waals surface area contributed by atoms with Gasteiger partial charge in [-0.05, 0) is 48.9 Å². The lowest BCUT2D eigenvalue weighted by Crippen LogP contribution is -2.41. The molecule has 0 saturated carbocycles. The van der Waals surface area contributed by atoms with Crippen LogP contribution in [0.4, 0.5) is 5.69 Å². The Hall–Kier alpha value is -4.11. The molecule has 162 valence electrons. The Morgan fingerprint density at radius 3 is 2.22 bits per heavy atom. The first kappa shape index (κ1) is 21.1. The number of para-hydroxylation sites is 2. The van der Waals surface area contributed by atoms with Gasteiger partial charge in [-0.25, -0.2) is 8.42 Å². The normalized spacial score (nSPS) is 11.2. The van der Waals surface area contributed by atoms with Gasteiger partial charge in [0.15, 0.2) is 0 Å². The summed E-state index contributed by atoms with van der Waals surface area (Å²) in [7, 11) is -3.81. The topological polar surface area (TPSA) is 120 Å². The third-order valence-electron chi connectivity index (χ3n) is 4.94. The van der Waals surface area contributed by atoms with Crippen LogP contribution in [0.5, 0.6) is 0 Å². The number of benzene rings is 3. The van der Waals surface area contributed by atoms with Crippen molar-refractivity contribution >= 4 is 38.4 Å². The summed E-state index contributed by atoms with van der Waals surface area (Å²) in [5.41, 5.74) is 7.37. The summed E-state index contributed by atoms with van der Waals surface area (Å²) < 4.78 is 27.8. The summed E-state index contributed by atoms with van der Waals surface area (Å²) in [6.45, 7) is 1.80. The van der Waals surface area contributed by atoms with Crippen molar-refractivity contribution in [2.24, 2.45) is 0 Å². The Morgan fingerprint density at radius 2 is 1.47 bits per heavy atom. The maximum Gasteiger partial charge on any atom is 0.271 e. The first-order valence-corrected chi connectivity index (χ1v) is 11.2. The fraction of sp³-hybridized carbons (Fsp3) is 0.0435. The predicted octanol–water partition coefficient (Wildman–Crippen LogP) is 3.35. The molecule has 4 N–H and O–H groups in total.